The Morgan fingerprint density at radius 1 is 1.25 bits per heavy atom. The Bertz CT molecular complexity index is 399. The molecule has 1 fully saturated rings. The fourth-order valence-electron chi connectivity index (χ4n) is 1.51. The van der Waals surface area contributed by atoms with E-state index in [1.165, 1.54) is 0 Å². The number of rotatable bonds is 1. The molecule has 1 aliphatic rings. The number of aromatic hydroxyl groups is 3. The Balaban J connectivity index is 0.00000128. The van der Waals surface area contributed by atoms with Crippen LogP contribution in [0.3, 0.4) is 0 Å². The monoisotopic (exact) mass is 247 g/mol. The highest BCUT2D eigenvalue weighted by Gasteiger charge is 2.28. The molecule has 1 atom stereocenters. The fourth-order valence-corrected chi connectivity index (χ4v) is 1.51. The van der Waals surface area contributed by atoms with Gasteiger partial charge in [-0.2, -0.15) is 0 Å². The first-order valence-corrected chi connectivity index (χ1v) is 4.26. The first-order chi connectivity index (χ1) is 7.08. The minimum atomic E-state index is -0.605. The lowest BCUT2D eigenvalue weighted by molar-refractivity contribution is 0.176. The van der Waals surface area contributed by atoms with Crippen molar-refractivity contribution in [3.8, 4) is 17.2 Å². The zero-order chi connectivity index (χ0) is 11.0. The summed E-state index contributed by atoms with van der Waals surface area (Å²) in [5.74, 6) is -0.828. The quantitative estimate of drug-likeness (QED) is 0.594. The molecule has 0 aliphatic carbocycles. The number of alkyl carbamates (subject to hydrolysis) is 1. The fraction of sp³-hybridized carbons (Fsp3) is 0.222. The van der Waals surface area contributed by atoms with Gasteiger partial charge in [0.1, 0.15) is 23.9 Å². The van der Waals surface area contributed by atoms with Crippen LogP contribution in [0.2, 0.25) is 0 Å². The molecular weight excluding hydrogens is 238 g/mol. The SMILES string of the molecule is Cl.O=C1N[C@@H](c2c(O)cc(O)cc2O)CO1. The predicted octanol–water partition coefficient (Wildman–Crippen LogP) is 1.01. The van der Waals surface area contributed by atoms with Crippen LogP contribution in [0.4, 0.5) is 4.79 Å². The number of benzene rings is 1. The molecule has 0 unspecified atom stereocenters. The van der Waals surface area contributed by atoms with Gasteiger partial charge in [-0.15, -0.1) is 12.4 Å². The molecule has 1 heterocycles. The Morgan fingerprint density at radius 2 is 1.81 bits per heavy atom. The molecule has 0 spiro atoms. The zero-order valence-electron chi connectivity index (χ0n) is 8.01. The Hall–Kier alpha value is -1.82. The molecule has 16 heavy (non-hydrogen) atoms. The molecule has 0 radical (unpaired) electrons. The molecule has 0 bridgehead atoms. The molecule has 1 aromatic rings. The van der Waals surface area contributed by atoms with Crippen molar-refractivity contribution in [3.05, 3.63) is 17.7 Å². The number of cyclic esters (lactones) is 1. The summed E-state index contributed by atoms with van der Waals surface area (Å²) in [5.41, 5.74) is 0.138. The topological polar surface area (TPSA) is 99.0 Å². The van der Waals surface area contributed by atoms with Crippen LogP contribution in [-0.2, 0) is 4.74 Å². The van der Waals surface area contributed by atoms with Crippen LogP contribution in [0.5, 0.6) is 17.2 Å². The molecule has 1 aromatic carbocycles. The number of amides is 1. The van der Waals surface area contributed by atoms with Gasteiger partial charge in [-0.25, -0.2) is 4.79 Å². The van der Waals surface area contributed by atoms with Gasteiger partial charge in [0.2, 0.25) is 0 Å². The second kappa shape index (κ2) is 4.36. The molecule has 0 aromatic heterocycles. The highest BCUT2D eigenvalue weighted by Crippen LogP contribution is 2.37. The third-order valence-electron chi connectivity index (χ3n) is 2.14. The van der Waals surface area contributed by atoms with Crippen molar-refractivity contribution < 1.29 is 24.9 Å². The van der Waals surface area contributed by atoms with Crippen LogP contribution < -0.4 is 5.32 Å². The summed E-state index contributed by atoms with van der Waals surface area (Å²) < 4.78 is 4.63. The van der Waals surface area contributed by atoms with Crippen LogP contribution in [0.1, 0.15) is 11.6 Å². The average molecular weight is 248 g/mol. The second-order valence-corrected chi connectivity index (χ2v) is 3.19. The number of hydrogen-bond acceptors (Lipinski definition) is 5. The van der Waals surface area contributed by atoms with E-state index >= 15 is 0 Å². The predicted molar refractivity (Wildman–Crippen MR) is 55.9 cm³/mol. The lowest BCUT2D eigenvalue weighted by Gasteiger charge is -2.12. The Kier molecular flexibility index (Phi) is 3.34. The third-order valence-corrected chi connectivity index (χ3v) is 2.14. The first-order valence-electron chi connectivity index (χ1n) is 4.26. The minimum absolute atomic E-state index is 0. The molecule has 1 saturated heterocycles. The number of carbonyl (C=O) groups excluding carboxylic acids is 1. The van der Waals surface area contributed by atoms with E-state index in [1.54, 1.807) is 0 Å². The molecular formula is C9H10ClNO5. The van der Waals surface area contributed by atoms with E-state index in [0.717, 1.165) is 12.1 Å². The van der Waals surface area contributed by atoms with Crippen molar-refractivity contribution in [3.63, 3.8) is 0 Å². The van der Waals surface area contributed by atoms with Gasteiger partial charge in [-0.05, 0) is 0 Å². The maximum Gasteiger partial charge on any atom is 0.407 e. The van der Waals surface area contributed by atoms with Crippen LogP contribution in [-0.4, -0.2) is 28.0 Å². The molecule has 88 valence electrons. The number of carbonyl (C=O) groups is 1. The van der Waals surface area contributed by atoms with Gasteiger partial charge < -0.3 is 25.4 Å². The standard InChI is InChI=1S/C9H9NO5.ClH/c11-4-1-6(12)8(7(13)2-4)5-3-15-9(14)10-5;/h1-2,5,11-13H,3H2,(H,10,14);1H/t5-;/m1./s1. The Morgan fingerprint density at radius 3 is 2.25 bits per heavy atom. The summed E-state index contributed by atoms with van der Waals surface area (Å²) in [6, 6.07) is 1.57. The van der Waals surface area contributed by atoms with Crippen molar-refractivity contribution in [2.45, 2.75) is 6.04 Å². The van der Waals surface area contributed by atoms with E-state index < -0.39 is 12.1 Å². The summed E-state index contributed by atoms with van der Waals surface area (Å²) >= 11 is 0. The molecule has 4 N–H and O–H groups in total. The summed E-state index contributed by atoms with van der Waals surface area (Å²) in [5, 5.41) is 30.5. The van der Waals surface area contributed by atoms with Crippen LogP contribution in [0.15, 0.2) is 12.1 Å². The lowest BCUT2D eigenvalue weighted by atomic mass is 10.1. The normalized spacial score (nSPS) is 18.5. The number of nitrogens with one attached hydrogen (secondary N) is 1. The van der Waals surface area contributed by atoms with Crippen molar-refractivity contribution in [1.29, 1.82) is 0 Å². The number of phenolic OH excluding ortho intramolecular Hbond substituents is 3. The van der Waals surface area contributed by atoms with Crippen molar-refractivity contribution in [2.75, 3.05) is 6.61 Å². The summed E-state index contributed by atoms with van der Waals surface area (Å²) in [6.07, 6.45) is -0.605. The van der Waals surface area contributed by atoms with E-state index in [0.29, 0.717) is 0 Å². The maximum absolute atomic E-state index is 10.8. The van der Waals surface area contributed by atoms with Gasteiger partial charge in [-0.3, -0.25) is 0 Å². The summed E-state index contributed by atoms with van der Waals surface area (Å²) in [7, 11) is 0. The summed E-state index contributed by atoms with van der Waals surface area (Å²) in [6.45, 7) is 0.0325. The molecule has 2 rings (SSSR count). The second-order valence-electron chi connectivity index (χ2n) is 3.19. The largest absolute Gasteiger partial charge is 0.508 e. The van der Waals surface area contributed by atoms with Gasteiger partial charge in [0.25, 0.3) is 0 Å². The highest BCUT2D eigenvalue weighted by molar-refractivity contribution is 5.85. The van der Waals surface area contributed by atoms with Crippen molar-refractivity contribution >= 4 is 18.5 Å². The van der Waals surface area contributed by atoms with E-state index in [1.807, 2.05) is 0 Å². The van der Waals surface area contributed by atoms with Crippen molar-refractivity contribution in [1.82, 2.24) is 5.32 Å². The van der Waals surface area contributed by atoms with Crippen LogP contribution in [0.25, 0.3) is 0 Å². The number of ether oxygens (including phenoxy) is 1. The molecule has 1 amide bonds. The maximum atomic E-state index is 10.8. The van der Waals surface area contributed by atoms with Gasteiger partial charge in [0.15, 0.2) is 0 Å². The average Bonchev–Trinajstić information content (AvgIpc) is 2.49. The molecule has 0 saturated carbocycles. The number of phenols is 3. The summed E-state index contributed by atoms with van der Waals surface area (Å²) in [4.78, 5) is 10.8. The lowest BCUT2D eigenvalue weighted by Crippen LogP contribution is -2.18. The van der Waals surface area contributed by atoms with E-state index in [-0.39, 0.29) is 41.8 Å². The van der Waals surface area contributed by atoms with E-state index in [9.17, 15) is 15.0 Å². The van der Waals surface area contributed by atoms with Crippen LogP contribution >= 0.6 is 12.4 Å². The van der Waals surface area contributed by atoms with Gasteiger partial charge >= 0.3 is 6.09 Å². The molecule has 7 heteroatoms. The van der Waals surface area contributed by atoms with Gasteiger partial charge in [0, 0.05) is 12.1 Å². The molecule has 1 aliphatic heterocycles. The zero-order valence-corrected chi connectivity index (χ0v) is 8.82. The Labute approximate surface area is 96.9 Å². The number of halogens is 1. The van der Waals surface area contributed by atoms with E-state index in [4.69, 9.17) is 5.11 Å². The third kappa shape index (κ3) is 2.06. The van der Waals surface area contributed by atoms with Gasteiger partial charge in [0.05, 0.1) is 11.6 Å². The van der Waals surface area contributed by atoms with Gasteiger partial charge in [-0.1, -0.05) is 0 Å². The van der Waals surface area contributed by atoms with E-state index in [2.05, 4.69) is 10.1 Å². The van der Waals surface area contributed by atoms with Crippen molar-refractivity contribution in [2.24, 2.45) is 0 Å². The van der Waals surface area contributed by atoms with Crippen LogP contribution in [0, 0.1) is 0 Å². The number of hydrogen-bond donors (Lipinski definition) is 4. The minimum Gasteiger partial charge on any atom is -0.508 e. The smallest absolute Gasteiger partial charge is 0.407 e. The first kappa shape index (κ1) is 12.3. The highest BCUT2D eigenvalue weighted by atomic mass is 35.5. The molecule has 6 nitrogen and oxygen atoms in total.